The molecule has 2 aromatic heterocycles. The van der Waals surface area contributed by atoms with E-state index >= 15 is 0 Å². The van der Waals surface area contributed by atoms with Crippen LogP contribution >= 0.6 is 15.9 Å². The summed E-state index contributed by atoms with van der Waals surface area (Å²) in [6.07, 6.45) is 7.20. The smallest absolute Gasteiger partial charge is 0.339 e. The highest BCUT2D eigenvalue weighted by Gasteiger charge is 2.51. The maximum Gasteiger partial charge on any atom is 0.339 e. The first-order chi connectivity index (χ1) is 14.9. The molecule has 6 nitrogen and oxygen atoms in total. The van der Waals surface area contributed by atoms with Crippen LogP contribution in [0, 0.1) is 5.92 Å². The van der Waals surface area contributed by atoms with Crippen molar-refractivity contribution in [3.05, 3.63) is 64.0 Å². The first-order valence-corrected chi connectivity index (χ1v) is 11.3. The van der Waals surface area contributed by atoms with Gasteiger partial charge in [0.15, 0.2) is 0 Å². The van der Waals surface area contributed by atoms with Crippen molar-refractivity contribution >= 4 is 32.8 Å². The normalized spacial score (nSPS) is 25.4. The topological polar surface area (TPSA) is 56.6 Å². The van der Waals surface area contributed by atoms with Crippen LogP contribution in [0.5, 0.6) is 0 Å². The summed E-state index contributed by atoms with van der Waals surface area (Å²) < 4.78 is 15.0. The van der Waals surface area contributed by atoms with E-state index in [2.05, 4.69) is 68.9 Å². The number of benzene rings is 1. The molecule has 0 amide bonds. The number of likely N-dealkylation sites (N-methyl/N-ethyl adjacent to an activating group) is 1. The lowest BCUT2D eigenvalue weighted by Gasteiger charge is -2.53. The van der Waals surface area contributed by atoms with Gasteiger partial charge in [-0.1, -0.05) is 12.1 Å². The lowest BCUT2D eigenvalue weighted by atomic mass is 9.69. The third kappa shape index (κ3) is 3.30. The molecule has 0 radical (unpaired) electrons. The van der Waals surface area contributed by atoms with Gasteiger partial charge < -0.3 is 14.0 Å². The van der Waals surface area contributed by atoms with Crippen molar-refractivity contribution in [2.75, 3.05) is 27.3 Å². The Labute approximate surface area is 190 Å². The van der Waals surface area contributed by atoms with Crippen LogP contribution in [0.1, 0.15) is 27.9 Å². The second kappa shape index (κ2) is 7.73. The fraction of sp³-hybridized carbons (Fsp3) is 0.417. The van der Waals surface area contributed by atoms with E-state index in [1.807, 2.05) is 7.11 Å². The van der Waals surface area contributed by atoms with Crippen molar-refractivity contribution < 1.29 is 14.3 Å². The quantitative estimate of drug-likeness (QED) is 0.526. The van der Waals surface area contributed by atoms with Crippen LogP contribution in [0.15, 0.2) is 47.3 Å². The lowest BCUT2D eigenvalue weighted by molar-refractivity contribution is -0.131. The summed E-state index contributed by atoms with van der Waals surface area (Å²) in [6, 6.07) is 8.47. The van der Waals surface area contributed by atoms with Gasteiger partial charge in [-0.05, 0) is 59.1 Å². The number of methoxy groups -OCH3 is 1. The molecule has 2 aliphatic rings. The van der Waals surface area contributed by atoms with Gasteiger partial charge in [0, 0.05) is 66.6 Å². The molecule has 3 atom stereocenters. The van der Waals surface area contributed by atoms with Crippen molar-refractivity contribution in [2.45, 2.75) is 24.5 Å². The standard InChI is InChI=1S/C24H26BrN3O3/c1-27-13-17-8-21-24(30-3,19-5-4-6-20(27)22(17)19)9-15(12-28(21)2)14-31-23(29)16-7-18(25)11-26-10-16/h4-7,10-11,13,15,21H,8-9,12,14H2,1-3H3/t15-,21?,24+/m0/s1. The van der Waals surface area contributed by atoms with Crippen LogP contribution in [0.2, 0.25) is 0 Å². The Morgan fingerprint density at radius 3 is 2.94 bits per heavy atom. The number of piperidine rings is 1. The maximum atomic E-state index is 12.5. The SMILES string of the molecule is CO[C@@]12C[C@H](COC(=O)c3cncc(Br)c3)CN(C)C1Cc1cn(C)c3cccc2c13. The van der Waals surface area contributed by atoms with Gasteiger partial charge >= 0.3 is 5.97 Å². The first kappa shape index (κ1) is 20.7. The van der Waals surface area contributed by atoms with Crippen LogP contribution in [0.3, 0.4) is 0 Å². The molecule has 1 aliphatic carbocycles. The summed E-state index contributed by atoms with van der Waals surface area (Å²) in [5.74, 6) is -0.174. The Kier molecular flexibility index (Phi) is 5.15. The summed E-state index contributed by atoms with van der Waals surface area (Å²) in [6.45, 7) is 1.21. The number of aromatic nitrogens is 2. The number of hydrogen-bond donors (Lipinski definition) is 0. The average Bonchev–Trinajstić information content (AvgIpc) is 3.09. The van der Waals surface area contributed by atoms with Gasteiger partial charge in [0.25, 0.3) is 0 Å². The maximum absolute atomic E-state index is 12.5. The summed E-state index contributed by atoms with van der Waals surface area (Å²) in [7, 11) is 6.07. The van der Waals surface area contributed by atoms with Gasteiger partial charge in [-0.25, -0.2) is 4.79 Å². The second-order valence-electron chi connectivity index (χ2n) is 8.78. The number of fused-ring (bicyclic) bond motifs is 2. The average molecular weight is 484 g/mol. The largest absolute Gasteiger partial charge is 0.462 e. The summed E-state index contributed by atoms with van der Waals surface area (Å²) in [5.41, 5.74) is 3.90. The van der Waals surface area contributed by atoms with E-state index in [-0.39, 0.29) is 17.9 Å². The van der Waals surface area contributed by atoms with E-state index < -0.39 is 5.60 Å². The zero-order valence-electron chi connectivity index (χ0n) is 18.0. The fourth-order valence-electron chi connectivity index (χ4n) is 5.63. The van der Waals surface area contributed by atoms with Crippen LogP contribution in [0.25, 0.3) is 10.9 Å². The van der Waals surface area contributed by atoms with Crippen molar-refractivity contribution in [1.82, 2.24) is 14.5 Å². The van der Waals surface area contributed by atoms with Crippen LogP contribution in [0.4, 0.5) is 0 Å². The molecule has 3 heterocycles. The summed E-state index contributed by atoms with van der Waals surface area (Å²) in [5, 5.41) is 1.31. The Hall–Kier alpha value is -2.22. The van der Waals surface area contributed by atoms with Crippen molar-refractivity contribution in [3.63, 3.8) is 0 Å². The van der Waals surface area contributed by atoms with Gasteiger partial charge in [-0.3, -0.25) is 9.88 Å². The zero-order chi connectivity index (χ0) is 21.8. The Morgan fingerprint density at radius 2 is 2.16 bits per heavy atom. The number of rotatable bonds is 4. The predicted molar refractivity (Wildman–Crippen MR) is 122 cm³/mol. The molecule has 1 unspecified atom stereocenters. The third-order valence-electron chi connectivity index (χ3n) is 6.93. The number of nitrogens with zero attached hydrogens (tertiary/aromatic N) is 3. The van der Waals surface area contributed by atoms with Crippen LogP contribution < -0.4 is 0 Å². The lowest BCUT2D eigenvalue weighted by Crippen LogP contribution is -2.59. The number of hydrogen-bond acceptors (Lipinski definition) is 5. The van der Waals surface area contributed by atoms with E-state index in [1.54, 1.807) is 12.3 Å². The highest BCUT2D eigenvalue weighted by Crippen LogP contribution is 2.49. The van der Waals surface area contributed by atoms with Crippen molar-refractivity contribution in [2.24, 2.45) is 13.0 Å². The monoisotopic (exact) mass is 483 g/mol. The van der Waals surface area contributed by atoms with Gasteiger partial charge in [0.05, 0.1) is 12.2 Å². The number of pyridine rings is 1. The molecule has 3 aromatic rings. The van der Waals surface area contributed by atoms with Crippen molar-refractivity contribution in [1.29, 1.82) is 0 Å². The first-order valence-electron chi connectivity index (χ1n) is 10.5. The minimum atomic E-state index is -0.421. The molecule has 1 aromatic carbocycles. The molecule has 5 rings (SSSR count). The molecular weight excluding hydrogens is 458 g/mol. The van der Waals surface area contributed by atoms with E-state index in [4.69, 9.17) is 9.47 Å². The zero-order valence-corrected chi connectivity index (χ0v) is 19.6. The number of halogens is 1. The van der Waals surface area contributed by atoms with Crippen molar-refractivity contribution in [3.8, 4) is 0 Å². The molecule has 0 spiro atoms. The van der Waals surface area contributed by atoms with E-state index in [9.17, 15) is 4.79 Å². The Bertz CT molecular complexity index is 1160. The van der Waals surface area contributed by atoms with Gasteiger partial charge in [-0.2, -0.15) is 0 Å². The van der Waals surface area contributed by atoms with E-state index in [1.165, 1.54) is 28.2 Å². The molecule has 0 bridgehead atoms. The van der Waals surface area contributed by atoms with Crippen LogP contribution in [-0.4, -0.2) is 53.8 Å². The molecule has 1 fully saturated rings. The fourth-order valence-corrected chi connectivity index (χ4v) is 5.99. The van der Waals surface area contributed by atoms with E-state index in [0.717, 1.165) is 23.9 Å². The minimum Gasteiger partial charge on any atom is -0.462 e. The molecule has 7 heteroatoms. The minimum absolute atomic E-state index is 0.172. The van der Waals surface area contributed by atoms with Gasteiger partial charge in [0.2, 0.25) is 0 Å². The number of ether oxygens (including phenoxy) is 2. The number of esters is 1. The summed E-state index contributed by atoms with van der Waals surface area (Å²) in [4.78, 5) is 19.0. The third-order valence-corrected chi connectivity index (χ3v) is 7.36. The van der Waals surface area contributed by atoms with Gasteiger partial charge in [-0.15, -0.1) is 0 Å². The Morgan fingerprint density at radius 1 is 1.32 bits per heavy atom. The number of aryl methyl sites for hydroxylation is 1. The molecular formula is C24H26BrN3O3. The molecule has 162 valence electrons. The van der Waals surface area contributed by atoms with E-state index in [0.29, 0.717) is 12.2 Å². The number of carbonyl (C=O) groups excluding carboxylic acids is 1. The second-order valence-corrected chi connectivity index (χ2v) is 9.69. The highest BCUT2D eigenvalue weighted by atomic mass is 79.9. The molecule has 1 aliphatic heterocycles. The number of likely N-dealkylation sites (tertiary alicyclic amines) is 1. The van der Waals surface area contributed by atoms with Crippen LogP contribution in [-0.2, 0) is 28.5 Å². The molecule has 31 heavy (non-hydrogen) atoms. The predicted octanol–water partition coefficient (Wildman–Crippen LogP) is 3.91. The number of carbonyl (C=O) groups is 1. The van der Waals surface area contributed by atoms with Gasteiger partial charge in [0.1, 0.15) is 5.60 Å². The molecule has 0 saturated carbocycles. The molecule has 0 N–H and O–H groups in total. The molecule has 1 saturated heterocycles. The highest BCUT2D eigenvalue weighted by molar-refractivity contribution is 9.10. The Balaban J connectivity index is 1.44. The summed E-state index contributed by atoms with van der Waals surface area (Å²) >= 11 is 3.35.